The fourth-order valence-corrected chi connectivity index (χ4v) is 13.6. The SMILES string of the molecule is CCCN(C)S(=O)(=O)c1cc(NC(C)CCCOCCOCCOCCOCCOCC(=O)Oc2c(F)c(F)c(F)c(F)c2F)c2ccc3c(S(=O)(=O)N(C)CCS(=O)(=O)O)cc(S(=O)(=O)N(C)CCS(=O)(=O)O)c4ccc1c2c34. The van der Waals surface area contributed by atoms with Gasteiger partial charge in [-0.25, -0.2) is 47.5 Å². The molecule has 0 aromatic heterocycles. The van der Waals surface area contributed by atoms with Crippen LogP contribution >= 0.6 is 0 Å². The molecule has 448 valence electrons. The van der Waals surface area contributed by atoms with E-state index in [0.29, 0.717) is 39.9 Å². The molecule has 0 saturated heterocycles. The zero-order valence-electron chi connectivity index (χ0n) is 43.9. The summed E-state index contributed by atoms with van der Waals surface area (Å²) in [6.45, 7) is 2.50. The molecule has 3 N–H and O–H groups in total. The topological polar surface area (TPSA) is 305 Å². The quantitative estimate of drug-likeness (QED) is 0.00730. The lowest BCUT2D eigenvalue weighted by atomic mass is 9.93. The number of anilines is 1. The van der Waals surface area contributed by atoms with E-state index < -0.39 is 132 Å². The van der Waals surface area contributed by atoms with E-state index in [0.717, 1.165) is 24.5 Å². The molecule has 5 rings (SSSR count). The van der Waals surface area contributed by atoms with Gasteiger partial charge in [0.2, 0.25) is 64.9 Å². The lowest BCUT2D eigenvalue weighted by Gasteiger charge is -2.26. The van der Waals surface area contributed by atoms with Crippen LogP contribution in [0.1, 0.15) is 33.1 Å². The van der Waals surface area contributed by atoms with Crippen molar-refractivity contribution in [3.8, 4) is 5.75 Å². The molecule has 5 aromatic carbocycles. The highest BCUT2D eigenvalue weighted by Gasteiger charge is 2.35. The monoisotopic (exact) mass is 1240 g/mol. The van der Waals surface area contributed by atoms with Crippen LogP contribution in [0.25, 0.3) is 32.3 Å². The number of carbonyl (C=O) groups excluding carboxylic acids is 1. The molecule has 0 fully saturated rings. The molecule has 0 aliphatic heterocycles. The van der Waals surface area contributed by atoms with Crippen molar-refractivity contribution in [3.05, 3.63) is 65.5 Å². The molecule has 5 aromatic rings. The zero-order chi connectivity index (χ0) is 59.5. The first-order valence-electron chi connectivity index (χ1n) is 24.3. The van der Waals surface area contributed by atoms with Crippen LogP contribution in [-0.2, 0) is 78.8 Å². The van der Waals surface area contributed by atoms with Gasteiger partial charge in [0.05, 0.1) is 79.0 Å². The number of nitrogens with zero attached hydrogens (tertiary/aromatic N) is 3. The molecule has 0 saturated carbocycles. The van der Waals surface area contributed by atoms with Gasteiger partial charge in [0.15, 0.2) is 0 Å². The number of hydrogen-bond acceptors (Lipinski definition) is 18. The highest BCUT2D eigenvalue weighted by Crippen LogP contribution is 2.46. The summed E-state index contributed by atoms with van der Waals surface area (Å²) in [7, 11) is -19.9. The van der Waals surface area contributed by atoms with E-state index in [2.05, 4.69) is 10.1 Å². The van der Waals surface area contributed by atoms with Gasteiger partial charge < -0.3 is 33.7 Å². The Labute approximate surface area is 460 Å². The average molecular weight is 1240 g/mol. The highest BCUT2D eigenvalue weighted by atomic mass is 32.2. The number of ether oxygens (including phenoxy) is 6. The van der Waals surface area contributed by atoms with Crippen LogP contribution in [0.5, 0.6) is 5.75 Å². The van der Waals surface area contributed by atoms with Crippen molar-refractivity contribution < 1.29 is 106 Å². The minimum absolute atomic E-state index is 0.0108. The Morgan fingerprint density at radius 2 is 0.900 bits per heavy atom. The summed E-state index contributed by atoms with van der Waals surface area (Å²) in [4.78, 5) is 10.3. The summed E-state index contributed by atoms with van der Waals surface area (Å²) >= 11 is 0. The zero-order valence-corrected chi connectivity index (χ0v) is 48.0. The van der Waals surface area contributed by atoms with Gasteiger partial charge in [-0.3, -0.25) is 9.11 Å². The molecule has 80 heavy (non-hydrogen) atoms. The van der Waals surface area contributed by atoms with Gasteiger partial charge in [0.1, 0.15) is 6.61 Å². The van der Waals surface area contributed by atoms with Gasteiger partial charge in [-0.2, -0.15) is 34.2 Å². The smallest absolute Gasteiger partial charge is 0.337 e. The summed E-state index contributed by atoms with van der Waals surface area (Å²) < 4.78 is 253. The van der Waals surface area contributed by atoms with Crippen LogP contribution < -0.4 is 10.1 Å². The second-order valence-electron chi connectivity index (χ2n) is 18.0. The summed E-state index contributed by atoms with van der Waals surface area (Å²) in [5.41, 5.74) is 0.285. The second-order valence-corrected chi connectivity index (χ2v) is 27.2. The Hall–Kier alpha value is -4.59. The largest absolute Gasteiger partial charge is 0.418 e. The van der Waals surface area contributed by atoms with E-state index in [4.69, 9.17) is 23.7 Å². The third-order valence-electron chi connectivity index (χ3n) is 12.1. The summed E-state index contributed by atoms with van der Waals surface area (Å²) in [5.74, 6) is -16.8. The van der Waals surface area contributed by atoms with Crippen LogP contribution in [0.15, 0.2) is 51.1 Å². The molecular formula is C47H61F5N4O19S5. The van der Waals surface area contributed by atoms with Crippen LogP contribution in [0.4, 0.5) is 27.6 Å². The van der Waals surface area contributed by atoms with E-state index in [1.54, 1.807) is 6.92 Å². The van der Waals surface area contributed by atoms with Gasteiger partial charge in [-0.1, -0.05) is 31.2 Å². The molecule has 0 heterocycles. The number of carbonyl (C=O) groups is 1. The molecule has 0 bridgehead atoms. The molecule has 0 radical (unpaired) electrons. The number of rotatable bonds is 35. The Bertz CT molecular complexity index is 3460. The van der Waals surface area contributed by atoms with Crippen molar-refractivity contribution in [3.63, 3.8) is 0 Å². The summed E-state index contributed by atoms with van der Waals surface area (Å²) in [6.07, 6.45) is 1.44. The van der Waals surface area contributed by atoms with E-state index in [-0.39, 0.29) is 103 Å². The summed E-state index contributed by atoms with van der Waals surface area (Å²) in [6, 6.07) is 7.57. The number of nitrogens with one attached hydrogen (secondary N) is 1. The summed E-state index contributed by atoms with van der Waals surface area (Å²) in [5, 5.41) is 3.80. The first kappa shape index (κ1) is 66.2. The first-order valence-corrected chi connectivity index (χ1v) is 31.9. The second kappa shape index (κ2) is 28.1. The van der Waals surface area contributed by atoms with E-state index >= 15 is 0 Å². The van der Waals surface area contributed by atoms with Crippen molar-refractivity contribution >= 4 is 94.3 Å². The predicted molar refractivity (Wildman–Crippen MR) is 281 cm³/mol. The van der Waals surface area contributed by atoms with Gasteiger partial charge in [-0.15, -0.1) is 0 Å². The molecule has 1 atom stereocenters. The van der Waals surface area contributed by atoms with Gasteiger partial charge >= 0.3 is 5.97 Å². The highest BCUT2D eigenvalue weighted by molar-refractivity contribution is 7.90. The normalized spacial score (nSPS) is 13.5. The first-order chi connectivity index (χ1) is 37.4. The van der Waals surface area contributed by atoms with E-state index in [9.17, 15) is 77.9 Å². The maximum absolute atomic E-state index is 14.4. The number of esters is 1. The fraction of sp³-hybridized carbons (Fsp3) is 0.511. The molecule has 1 unspecified atom stereocenters. The Balaban J connectivity index is 1.22. The Morgan fingerprint density at radius 1 is 0.537 bits per heavy atom. The fourth-order valence-electron chi connectivity index (χ4n) is 8.01. The maximum Gasteiger partial charge on any atom is 0.337 e. The third-order valence-corrected chi connectivity index (χ3v) is 19.2. The van der Waals surface area contributed by atoms with Crippen molar-refractivity contribution in [2.75, 3.05) is 124 Å². The van der Waals surface area contributed by atoms with Crippen molar-refractivity contribution in [1.82, 2.24) is 12.9 Å². The van der Waals surface area contributed by atoms with Crippen molar-refractivity contribution in [1.29, 1.82) is 0 Å². The molecule has 0 spiro atoms. The molecule has 0 amide bonds. The average Bonchev–Trinajstić information content (AvgIpc) is 2.81. The van der Waals surface area contributed by atoms with Crippen LogP contribution in [-0.4, -0.2) is 194 Å². The van der Waals surface area contributed by atoms with Crippen LogP contribution in [0, 0.1) is 29.1 Å². The van der Waals surface area contributed by atoms with Crippen LogP contribution in [0.2, 0.25) is 0 Å². The number of benzene rings is 5. The van der Waals surface area contributed by atoms with E-state index in [1.165, 1.54) is 37.4 Å². The van der Waals surface area contributed by atoms with E-state index in [1.807, 2.05) is 6.92 Å². The Morgan fingerprint density at radius 3 is 1.32 bits per heavy atom. The van der Waals surface area contributed by atoms with Crippen molar-refractivity contribution in [2.45, 2.75) is 53.8 Å². The minimum atomic E-state index is -4.83. The van der Waals surface area contributed by atoms with Gasteiger partial charge in [-0.05, 0) is 38.3 Å². The van der Waals surface area contributed by atoms with Gasteiger partial charge in [0.25, 0.3) is 20.2 Å². The minimum Gasteiger partial charge on any atom is -0.418 e. The Kier molecular flexibility index (Phi) is 23.3. The molecule has 0 aliphatic rings. The number of halogens is 5. The third kappa shape index (κ3) is 16.6. The standard InChI is InChI=1S/C47H61F5N4O19S5/c1-6-13-54(3)78(64,65)36-27-35(53-30(2)8-7-16-70-17-18-71-19-20-72-21-22-73-23-24-74-29-39(57)75-47-45(51)43(49)42(48)44(50)46(47)52)31-9-10-33-37(79(66,67)55(4)14-25-76(58,59)60)28-38(34-12-11-32(36)40(31)41(33)34)80(68,69)56(5)15-26-77(61,62)63/h9-12,27-28,30,53H,6-8,13-26,29H2,1-5H3,(H,58,59,60)(H,61,62,63). The number of sulfonamides is 3. The maximum atomic E-state index is 14.4. The number of hydrogen-bond donors (Lipinski definition) is 3. The molecule has 33 heteroatoms. The molecular weight excluding hydrogens is 1180 g/mol. The lowest BCUT2D eigenvalue weighted by Crippen LogP contribution is -2.33. The van der Waals surface area contributed by atoms with Crippen molar-refractivity contribution in [2.24, 2.45) is 0 Å². The predicted octanol–water partition coefficient (Wildman–Crippen LogP) is 4.60. The van der Waals surface area contributed by atoms with Gasteiger partial charge in [0, 0.05) is 91.4 Å². The van der Waals surface area contributed by atoms with Crippen LogP contribution in [0.3, 0.4) is 0 Å². The molecule has 0 aliphatic carbocycles. The lowest BCUT2D eigenvalue weighted by molar-refractivity contribution is -0.140. The molecule has 23 nitrogen and oxygen atoms in total.